The van der Waals surface area contributed by atoms with Crippen molar-refractivity contribution in [3.05, 3.63) is 24.3 Å². The van der Waals surface area contributed by atoms with Gasteiger partial charge in [-0.05, 0) is 56.6 Å². The number of nitrogens with two attached hydrogens (primary N) is 1. The number of anilines is 1. The first-order valence-corrected chi connectivity index (χ1v) is 8.61. The first-order valence-electron chi connectivity index (χ1n) is 7.17. The Bertz CT molecular complexity index is 565. The average molecular weight is 295 g/mol. The topological polar surface area (TPSA) is 66.6 Å². The molecule has 0 saturated carbocycles. The van der Waals surface area contributed by atoms with E-state index in [0.717, 1.165) is 19.5 Å². The number of nitrogens with zero attached hydrogens (tertiary/aromatic N) is 2. The van der Waals surface area contributed by atoms with Crippen molar-refractivity contribution >= 4 is 15.7 Å². The van der Waals surface area contributed by atoms with Crippen LogP contribution in [0.3, 0.4) is 0 Å². The maximum absolute atomic E-state index is 12.6. The summed E-state index contributed by atoms with van der Waals surface area (Å²) < 4.78 is 26.8. The summed E-state index contributed by atoms with van der Waals surface area (Å²) in [5.74, 6) is 0. The molecule has 0 bridgehead atoms. The fourth-order valence-electron chi connectivity index (χ4n) is 3.12. The SMILES string of the molecule is Nc1ccc(S(=O)(=O)N2CCC(N3CCCC3)C2)cc1. The smallest absolute Gasteiger partial charge is 0.243 e. The van der Waals surface area contributed by atoms with Crippen LogP contribution in [0.15, 0.2) is 29.2 Å². The lowest BCUT2D eigenvalue weighted by atomic mass is 10.2. The standard InChI is InChI=1S/C14H21N3O2S/c15-12-3-5-14(6-4-12)20(18,19)17-10-7-13(11-17)16-8-1-2-9-16/h3-6,13H,1-2,7-11,15H2. The molecule has 0 amide bonds. The van der Waals surface area contributed by atoms with Gasteiger partial charge in [0, 0.05) is 24.8 Å². The van der Waals surface area contributed by atoms with Crippen molar-refractivity contribution in [1.29, 1.82) is 0 Å². The first-order chi connectivity index (χ1) is 9.57. The minimum absolute atomic E-state index is 0.341. The Hall–Kier alpha value is -1.11. The quantitative estimate of drug-likeness (QED) is 0.849. The second-order valence-corrected chi connectivity index (χ2v) is 7.56. The number of nitrogen functional groups attached to an aromatic ring is 1. The highest BCUT2D eigenvalue weighted by atomic mass is 32.2. The Morgan fingerprint density at radius 3 is 2.35 bits per heavy atom. The van der Waals surface area contributed by atoms with Crippen LogP contribution in [-0.2, 0) is 10.0 Å². The maximum Gasteiger partial charge on any atom is 0.243 e. The van der Waals surface area contributed by atoms with E-state index in [1.165, 1.54) is 12.8 Å². The molecule has 0 spiro atoms. The number of benzene rings is 1. The molecular weight excluding hydrogens is 274 g/mol. The monoisotopic (exact) mass is 295 g/mol. The van der Waals surface area contributed by atoms with E-state index in [0.29, 0.717) is 29.7 Å². The highest BCUT2D eigenvalue weighted by Crippen LogP contribution is 2.26. The van der Waals surface area contributed by atoms with Crippen LogP contribution in [0.25, 0.3) is 0 Å². The van der Waals surface area contributed by atoms with Gasteiger partial charge in [0.2, 0.25) is 10.0 Å². The van der Waals surface area contributed by atoms with Crippen LogP contribution >= 0.6 is 0 Å². The van der Waals surface area contributed by atoms with E-state index in [1.54, 1.807) is 28.6 Å². The van der Waals surface area contributed by atoms with Gasteiger partial charge in [-0.1, -0.05) is 0 Å². The molecule has 110 valence electrons. The highest BCUT2D eigenvalue weighted by molar-refractivity contribution is 7.89. The van der Waals surface area contributed by atoms with Crippen molar-refractivity contribution in [3.8, 4) is 0 Å². The van der Waals surface area contributed by atoms with Gasteiger partial charge >= 0.3 is 0 Å². The lowest BCUT2D eigenvalue weighted by Crippen LogP contribution is -2.37. The summed E-state index contributed by atoms with van der Waals surface area (Å²) in [5.41, 5.74) is 6.20. The molecular formula is C14H21N3O2S. The van der Waals surface area contributed by atoms with E-state index in [1.807, 2.05) is 0 Å². The third kappa shape index (κ3) is 2.55. The van der Waals surface area contributed by atoms with Crippen molar-refractivity contribution in [3.63, 3.8) is 0 Å². The van der Waals surface area contributed by atoms with Gasteiger partial charge in [0.1, 0.15) is 0 Å². The summed E-state index contributed by atoms with van der Waals surface area (Å²) >= 11 is 0. The number of sulfonamides is 1. The fourth-order valence-corrected chi connectivity index (χ4v) is 4.61. The second-order valence-electron chi connectivity index (χ2n) is 5.62. The van der Waals surface area contributed by atoms with Gasteiger partial charge in [-0.25, -0.2) is 8.42 Å². The number of hydrogen-bond acceptors (Lipinski definition) is 4. The van der Waals surface area contributed by atoms with E-state index in [4.69, 9.17) is 5.73 Å². The van der Waals surface area contributed by atoms with Gasteiger partial charge in [0.25, 0.3) is 0 Å². The van der Waals surface area contributed by atoms with Crippen LogP contribution < -0.4 is 5.73 Å². The number of rotatable bonds is 3. The molecule has 2 fully saturated rings. The van der Waals surface area contributed by atoms with Crippen LogP contribution in [0.2, 0.25) is 0 Å². The van der Waals surface area contributed by atoms with Gasteiger partial charge in [0.15, 0.2) is 0 Å². The zero-order valence-electron chi connectivity index (χ0n) is 11.5. The molecule has 1 unspecified atom stereocenters. The van der Waals surface area contributed by atoms with Crippen molar-refractivity contribution in [1.82, 2.24) is 9.21 Å². The molecule has 3 rings (SSSR count). The molecule has 2 N–H and O–H groups in total. The van der Waals surface area contributed by atoms with Crippen molar-refractivity contribution in [2.45, 2.75) is 30.2 Å². The van der Waals surface area contributed by atoms with Crippen LogP contribution in [0.1, 0.15) is 19.3 Å². The van der Waals surface area contributed by atoms with Gasteiger partial charge in [-0.2, -0.15) is 4.31 Å². The van der Waals surface area contributed by atoms with E-state index in [9.17, 15) is 8.42 Å². The largest absolute Gasteiger partial charge is 0.399 e. The Labute approximate surface area is 120 Å². The molecule has 0 aliphatic carbocycles. The molecule has 2 aliphatic heterocycles. The lowest BCUT2D eigenvalue weighted by molar-refractivity contribution is 0.251. The van der Waals surface area contributed by atoms with Crippen LogP contribution in [0.4, 0.5) is 5.69 Å². The van der Waals surface area contributed by atoms with E-state index in [-0.39, 0.29) is 0 Å². The van der Waals surface area contributed by atoms with E-state index in [2.05, 4.69) is 4.90 Å². The number of hydrogen-bond donors (Lipinski definition) is 1. The van der Waals surface area contributed by atoms with Crippen LogP contribution in [0.5, 0.6) is 0 Å². The highest BCUT2D eigenvalue weighted by Gasteiger charge is 2.35. The normalized spacial score (nSPS) is 25.3. The van der Waals surface area contributed by atoms with Gasteiger partial charge in [-0.3, -0.25) is 4.90 Å². The van der Waals surface area contributed by atoms with Crippen LogP contribution in [0, 0.1) is 0 Å². The zero-order chi connectivity index (χ0) is 14.2. The molecule has 20 heavy (non-hydrogen) atoms. The fraction of sp³-hybridized carbons (Fsp3) is 0.571. The summed E-state index contributed by atoms with van der Waals surface area (Å²) in [7, 11) is -3.37. The minimum Gasteiger partial charge on any atom is -0.399 e. The van der Waals surface area contributed by atoms with Crippen molar-refractivity contribution in [2.75, 3.05) is 31.9 Å². The third-order valence-electron chi connectivity index (χ3n) is 4.30. The van der Waals surface area contributed by atoms with E-state index < -0.39 is 10.0 Å². The van der Waals surface area contributed by atoms with E-state index >= 15 is 0 Å². The van der Waals surface area contributed by atoms with Crippen molar-refractivity contribution < 1.29 is 8.42 Å². The zero-order valence-corrected chi connectivity index (χ0v) is 12.3. The van der Waals surface area contributed by atoms with Gasteiger partial charge in [0.05, 0.1) is 4.90 Å². The first kappa shape index (κ1) is 13.9. The summed E-state index contributed by atoms with van der Waals surface area (Å²) in [6, 6.07) is 6.85. The predicted molar refractivity (Wildman–Crippen MR) is 78.8 cm³/mol. The third-order valence-corrected chi connectivity index (χ3v) is 6.18. The summed E-state index contributed by atoms with van der Waals surface area (Å²) in [4.78, 5) is 2.77. The second kappa shape index (κ2) is 5.35. The lowest BCUT2D eigenvalue weighted by Gasteiger charge is -2.23. The number of likely N-dealkylation sites (tertiary alicyclic amines) is 1. The summed E-state index contributed by atoms with van der Waals surface area (Å²) in [5, 5.41) is 0. The van der Waals surface area contributed by atoms with Gasteiger partial charge < -0.3 is 5.73 Å². The molecule has 2 saturated heterocycles. The molecule has 0 radical (unpaired) electrons. The maximum atomic E-state index is 12.6. The Balaban J connectivity index is 1.74. The molecule has 6 heteroatoms. The molecule has 2 aliphatic rings. The Morgan fingerprint density at radius 1 is 1.05 bits per heavy atom. The molecule has 1 atom stereocenters. The van der Waals surface area contributed by atoms with Gasteiger partial charge in [-0.15, -0.1) is 0 Å². The Morgan fingerprint density at radius 2 is 1.70 bits per heavy atom. The minimum atomic E-state index is -3.37. The molecule has 2 heterocycles. The molecule has 1 aromatic carbocycles. The van der Waals surface area contributed by atoms with Crippen molar-refractivity contribution in [2.24, 2.45) is 0 Å². The Kier molecular flexibility index (Phi) is 3.70. The molecule has 0 aromatic heterocycles. The average Bonchev–Trinajstić information content (AvgIpc) is 3.10. The predicted octanol–water partition coefficient (Wildman–Crippen LogP) is 1.13. The summed E-state index contributed by atoms with van der Waals surface area (Å²) in [6.07, 6.45) is 3.41. The molecule has 1 aromatic rings. The van der Waals surface area contributed by atoms with Crippen LogP contribution in [-0.4, -0.2) is 49.8 Å². The summed E-state index contributed by atoms with van der Waals surface area (Å²) in [6.45, 7) is 3.46. The molecule has 5 nitrogen and oxygen atoms in total.